The van der Waals surface area contributed by atoms with E-state index >= 15 is 0 Å². The molecule has 3 aromatic rings. The number of aromatic amines is 1. The Morgan fingerprint density at radius 2 is 2.12 bits per heavy atom. The van der Waals surface area contributed by atoms with E-state index in [1.807, 2.05) is 45.4 Å². The average Bonchev–Trinajstić information content (AvgIpc) is 3.19. The van der Waals surface area contributed by atoms with Gasteiger partial charge in [-0.25, -0.2) is 14.8 Å². The summed E-state index contributed by atoms with van der Waals surface area (Å²) in [5.74, 6) is 1.17. The lowest BCUT2D eigenvalue weighted by atomic mass is 9.97. The van der Waals surface area contributed by atoms with E-state index in [4.69, 9.17) is 4.74 Å². The number of hydrogen-bond donors (Lipinski definition) is 1. The Bertz CT molecular complexity index is 920. The molecule has 0 aromatic carbocycles. The van der Waals surface area contributed by atoms with E-state index in [0.29, 0.717) is 6.54 Å². The van der Waals surface area contributed by atoms with Gasteiger partial charge in [0, 0.05) is 25.2 Å². The van der Waals surface area contributed by atoms with Gasteiger partial charge < -0.3 is 14.6 Å². The number of ether oxygens (including phenoxy) is 1. The van der Waals surface area contributed by atoms with Crippen LogP contribution in [0.2, 0.25) is 0 Å². The summed E-state index contributed by atoms with van der Waals surface area (Å²) in [6.07, 6.45) is 7.26. The van der Waals surface area contributed by atoms with Gasteiger partial charge >= 0.3 is 6.09 Å². The van der Waals surface area contributed by atoms with E-state index in [0.717, 1.165) is 41.9 Å². The smallest absolute Gasteiger partial charge is 0.410 e. The third-order valence-electron chi connectivity index (χ3n) is 4.53. The molecule has 0 spiro atoms. The second kappa shape index (κ2) is 5.75. The number of rotatable bonds is 1. The first-order chi connectivity index (χ1) is 11.9. The first kappa shape index (κ1) is 15.9. The quantitative estimate of drug-likeness (QED) is 0.737. The Kier molecular flexibility index (Phi) is 3.67. The molecule has 7 heteroatoms. The van der Waals surface area contributed by atoms with Crippen LogP contribution in [0.15, 0.2) is 24.7 Å². The van der Waals surface area contributed by atoms with Crippen LogP contribution in [0.1, 0.15) is 45.4 Å². The summed E-state index contributed by atoms with van der Waals surface area (Å²) < 4.78 is 7.67. The number of carbonyl (C=O) groups is 1. The molecule has 1 fully saturated rings. The molecule has 0 radical (unpaired) electrons. The number of carbonyl (C=O) groups excluding carboxylic acids is 1. The van der Waals surface area contributed by atoms with Crippen LogP contribution in [-0.4, -0.2) is 49.0 Å². The number of amides is 1. The van der Waals surface area contributed by atoms with Crippen molar-refractivity contribution in [2.24, 2.45) is 0 Å². The third-order valence-corrected chi connectivity index (χ3v) is 4.53. The van der Waals surface area contributed by atoms with Crippen molar-refractivity contribution in [3.05, 3.63) is 30.5 Å². The first-order valence-corrected chi connectivity index (χ1v) is 8.70. The number of nitrogens with one attached hydrogen (secondary N) is 1. The summed E-state index contributed by atoms with van der Waals surface area (Å²) >= 11 is 0. The first-order valence-electron chi connectivity index (χ1n) is 8.70. The predicted octanol–water partition coefficient (Wildman–Crippen LogP) is 3.33. The van der Waals surface area contributed by atoms with Crippen LogP contribution in [0, 0.1) is 0 Å². The molecule has 0 saturated carbocycles. The van der Waals surface area contributed by atoms with Crippen molar-refractivity contribution < 1.29 is 9.53 Å². The number of hydrogen-bond acceptors (Lipinski definition) is 4. The van der Waals surface area contributed by atoms with Crippen molar-refractivity contribution in [3.8, 4) is 0 Å². The Hall–Kier alpha value is -2.57. The molecule has 3 aromatic heterocycles. The number of piperidine rings is 1. The van der Waals surface area contributed by atoms with Crippen LogP contribution in [0.3, 0.4) is 0 Å². The minimum Gasteiger partial charge on any atom is -0.444 e. The zero-order valence-electron chi connectivity index (χ0n) is 14.8. The number of nitrogens with zero attached hydrogens (tertiary/aromatic N) is 4. The fourth-order valence-corrected chi connectivity index (χ4v) is 3.47. The van der Waals surface area contributed by atoms with E-state index < -0.39 is 5.60 Å². The van der Waals surface area contributed by atoms with Crippen molar-refractivity contribution in [3.63, 3.8) is 0 Å². The number of likely N-dealkylation sites (tertiary alicyclic amines) is 1. The van der Waals surface area contributed by atoms with E-state index in [1.165, 1.54) is 0 Å². The lowest BCUT2D eigenvalue weighted by Crippen LogP contribution is -2.42. The van der Waals surface area contributed by atoms with Crippen LogP contribution < -0.4 is 0 Å². The summed E-state index contributed by atoms with van der Waals surface area (Å²) in [6.45, 7) is 7.04. The van der Waals surface area contributed by atoms with Gasteiger partial charge in [-0.2, -0.15) is 0 Å². The summed E-state index contributed by atoms with van der Waals surface area (Å²) in [4.78, 5) is 26.4. The average molecular weight is 341 g/mol. The summed E-state index contributed by atoms with van der Waals surface area (Å²) in [5, 5.41) is 0. The van der Waals surface area contributed by atoms with Crippen LogP contribution >= 0.6 is 0 Å². The van der Waals surface area contributed by atoms with Gasteiger partial charge in [-0.3, -0.25) is 4.40 Å². The zero-order chi connectivity index (χ0) is 17.6. The minimum absolute atomic E-state index is 0.185. The Balaban J connectivity index is 1.65. The molecule has 1 aliphatic heterocycles. The maximum absolute atomic E-state index is 12.4. The number of fused-ring (bicyclic) bond motifs is 3. The molecule has 25 heavy (non-hydrogen) atoms. The highest BCUT2D eigenvalue weighted by Crippen LogP contribution is 2.29. The number of aromatic nitrogens is 4. The second-order valence-corrected chi connectivity index (χ2v) is 7.61. The molecule has 4 heterocycles. The molecule has 132 valence electrons. The van der Waals surface area contributed by atoms with Gasteiger partial charge in [0.25, 0.3) is 0 Å². The highest BCUT2D eigenvalue weighted by molar-refractivity contribution is 5.75. The Morgan fingerprint density at radius 1 is 1.32 bits per heavy atom. The fraction of sp³-hybridized carbons (Fsp3) is 0.500. The lowest BCUT2D eigenvalue weighted by Gasteiger charge is -2.33. The molecule has 1 atom stereocenters. The molecule has 1 unspecified atom stereocenters. The van der Waals surface area contributed by atoms with Crippen LogP contribution in [0.4, 0.5) is 4.79 Å². The molecule has 0 aliphatic carbocycles. The third kappa shape index (κ3) is 2.94. The topological polar surface area (TPSA) is 75.5 Å². The van der Waals surface area contributed by atoms with Crippen LogP contribution in [-0.2, 0) is 4.74 Å². The SMILES string of the molecule is CC(C)(C)OC(=O)N1CCCC(c2ncc3cnc4[nH]ccc4n23)C1. The van der Waals surface area contributed by atoms with Gasteiger partial charge in [0.1, 0.15) is 11.4 Å². The molecule has 1 saturated heterocycles. The zero-order valence-corrected chi connectivity index (χ0v) is 14.8. The number of H-pyrrole nitrogens is 1. The van der Waals surface area contributed by atoms with Gasteiger partial charge in [0.05, 0.1) is 23.4 Å². The maximum Gasteiger partial charge on any atom is 0.410 e. The highest BCUT2D eigenvalue weighted by atomic mass is 16.6. The van der Waals surface area contributed by atoms with E-state index in [1.54, 1.807) is 4.90 Å². The van der Waals surface area contributed by atoms with Gasteiger partial charge in [0.2, 0.25) is 0 Å². The van der Waals surface area contributed by atoms with Crippen molar-refractivity contribution in [1.29, 1.82) is 0 Å². The second-order valence-electron chi connectivity index (χ2n) is 7.61. The maximum atomic E-state index is 12.4. The number of imidazole rings is 1. The Morgan fingerprint density at radius 3 is 2.92 bits per heavy atom. The lowest BCUT2D eigenvalue weighted by molar-refractivity contribution is 0.0196. The summed E-state index contributed by atoms with van der Waals surface area (Å²) in [6, 6.07) is 2.01. The molecule has 1 amide bonds. The normalized spacial score (nSPS) is 18.8. The molecule has 1 aliphatic rings. The van der Waals surface area contributed by atoms with Crippen LogP contribution in [0.25, 0.3) is 16.7 Å². The summed E-state index contributed by atoms with van der Waals surface area (Å²) in [5.41, 5.74) is 2.34. The Labute approximate surface area is 146 Å². The molecule has 4 rings (SSSR count). The van der Waals surface area contributed by atoms with Gasteiger partial charge in [-0.1, -0.05) is 0 Å². The predicted molar refractivity (Wildman–Crippen MR) is 94.6 cm³/mol. The largest absolute Gasteiger partial charge is 0.444 e. The molecular formula is C18H23N5O2. The van der Waals surface area contributed by atoms with Crippen molar-refractivity contribution in [2.75, 3.05) is 13.1 Å². The summed E-state index contributed by atoms with van der Waals surface area (Å²) in [7, 11) is 0. The van der Waals surface area contributed by atoms with Crippen molar-refractivity contribution in [1.82, 2.24) is 24.3 Å². The highest BCUT2D eigenvalue weighted by Gasteiger charge is 2.30. The molecule has 1 N–H and O–H groups in total. The van der Waals surface area contributed by atoms with E-state index in [9.17, 15) is 4.79 Å². The standard InChI is InChI=1S/C18H23N5O2/c1-18(2,3)25-17(24)22-8-4-5-12(11-22)16-21-10-13-9-20-15-14(23(13)16)6-7-19-15/h6-7,9-10,12,19H,4-5,8,11H2,1-3H3. The van der Waals surface area contributed by atoms with E-state index in [-0.39, 0.29) is 12.0 Å². The molecular weight excluding hydrogens is 318 g/mol. The fourth-order valence-electron chi connectivity index (χ4n) is 3.47. The monoisotopic (exact) mass is 341 g/mol. The minimum atomic E-state index is -0.479. The van der Waals surface area contributed by atoms with Crippen molar-refractivity contribution >= 4 is 22.8 Å². The van der Waals surface area contributed by atoms with Gasteiger partial charge in [-0.15, -0.1) is 0 Å². The molecule has 7 nitrogen and oxygen atoms in total. The molecule has 0 bridgehead atoms. The van der Waals surface area contributed by atoms with Gasteiger partial charge in [0.15, 0.2) is 5.65 Å². The van der Waals surface area contributed by atoms with Gasteiger partial charge in [-0.05, 0) is 39.7 Å². The van der Waals surface area contributed by atoms with Crippen molar-refractivity contribution in [2.45, 2.75) is 45.1 Å². The van der Waals surface area contributed by atoms with Crippen LogP contribution in [0.5, 0.6) is 0 Å². The van der Waals surface area contributed by atoms with E-state index in [2.05, 4.69) is 19.4 Å².